The predicted octanol–water partition coefficient (Wildman–Crippen LogP) is 3.94. The number of nitrogens with zero attached hydrogens (tertiary/aromatic N) is 2. The highest BCUT2D eigenvalue weighted by Crippen LogP contribution is 2.36. The average molecular weight is 413 g/mol. The summed E-state index contributed by atoms with van der Waals surface area (Å²) >= 11 is 6.76. The number of hydrogen-bond donors (Lipinski definition) is 0. The number of ether oxygens (including phenoxy) is 2. The predicted molar refractivity (Wildman–Crippen MR) is 118 cm³/mol. The Bertz CT molecular complexity index is 904. The third-order valence-electron chi connectivity index (χ3n) is 4.69. The fourth-order valence-corrected chi connectivity index (χ4v) is 4.47. The summed E-state index contributed by atoms with van der Waals surface area (Å²) in [7, 11) is 1.61. The van der Waals surface area contributed by atoms with Crippen molar-refractivity contribution in [2.45, 2.75) is 0 Å². The largest absolute Gasteiger partial charge is 0.497 e. The van der Waals surface area contributed by atoms with Gasteiger partial charge in [0.05, 0.1) is 30.9 Å². The van der Waals surface area contributed by atoms with E-state index in [0.29, 0.717) is 9.23 Å². The minimum absolute atomic E-state index is 0.0996. The third-order valence-corrected chi connectivity index (χ3v) is 5.99. The van der Waals surface area contributed by atoms with Gasteiger partial charge in [-0.05, 0) is 48.0 Å². The molecule has 2 fully saturated rings. The Labute approximate surface area is 173 Å². The quantitative estimate of drug-likeness (QED) is 0.560. The molecule has 2 aromatic carbocycles. The first-order valence-electron chi connectivity index (χ1n) is 9.00. The van der Waals surface area contributed by atoms with Crippen LogP contribution in [0.1, 0.15) is 5.56 Å². The molecule has 0 saturated carbocycles. The van der Waals surface area contributed by atoms with Crippen molar-refractivity contribution in [3.8, 4) is 5.75 Å². The number of amides is 1. The summed E-state index contributed by atoms with van der Waals surface area (Å²) < 4.78 is 11.1. The number of anilines is 2. The van der Waals surface area contributed by atoms with Crippen molar-refractivity contribution in [1.82, 2.24) is 0 Å². The van der Waals surface area contributed by atoms with E-state index in [4.69, 9.17) is 21.7 Å². The van der Waals surface area contributed by atoms with Gasteiger partial charge < -0.3 is 14.4 Å². The number of morpholine rings is 1. The Hall–Kier alpha value is -2.35. The van der Waals surface area contributed by atoms with E-state index < -0.39 is 0 Å². The van der Waals surface area contributed by atoms with Crippen molar-refractivity contribution in [2.75, 3.05) is 43.2 Å². The highest BCUT2D eigenvalue weighted by Gasteiger charge is 2.33. The number of rotatable bonds is 4. The van der Waals surface area contributed by atoms with Crippen LogP contribution in [0.5, 0.6) is 5.75 Å². The lowest BCUT2D eigenvalue weighted by molar-refractivity contribution is -0.113. The van der Waals surface area contributed by atoms with Gasteiger partial charge in [0.25, 0.3) is 5.91 Å². The van der Waals surface area contributed by atoms with Gasteiger partial charge in [0.2, 0.25) is 0 Å². The molecule has 7 heteroatoms. The summed E-state index contributed by atoms with van der Waals surface area (Å²) in [4.78, 5) is 17.4. The van der Waals surface area contributed by atoms with Crippen LogP contribution in [0.2, 0.25) is 0 Å². The van der Waals surface area contributed by atoms with Crippen LogP contribution in [0.4, 0.5) is 11.4 Å². The SMILES string of the molecule is COc1ccc(N2C(=O)/C(=C\c3ccc(N4CCOCC4)cc3)SC2=S)cc1. The Kier molecular flexibility index (Phi) is 5.66. The van der Waals surface area contributed by atoms with Gasteiger partial charge in [0.15, 0.2) is 4.32 Å². The maximum atomic E-state index is 12.9. The summed E-state index contributed by atoms with van der Waals surface area (Å²) in [5.41, 5.74) is 2.90. The van der Waals surface area contributed by atoms with E-state index in [1.807, 2.05) is 42.5 Å². The van der Waals surface area contributed by atoms with Gasteiger partial charge in [-0.15, -0.1) is 0 Å². The first kappa shape index (κ1) is 19.0. The molecule has 144 valence electrons. The molecule has 0 spiro atoms. The summed E-state index contributed by atoms with van der Waals surface area (Å²) in [6, 6.07) is 15.6. The van der Waals surface area contributed by atoms with Gasteiger partial charge in [-0.3, -0.25) is 9.69 Å². The zero-order chi connectivity index (χ0) is 19.5. The van der Waals surface area contributed by atoms with Gasteiger partial charge in [-0.2, -0.15) is 0 Å². The smallest absolute Gasteiger partial charge is 0.270 e. The summed E-state index contributed by atoms with van der Waals surface area (Å²) in [5.74, 6) is 0.641. The van der Waals surface area contributed by atoms with E-state index in [1.165, 1.54) is 17.4 Å². The number of carbonyl (C=O) groups is 1. The normalized spacial score (nSPS) is 18.8. The van der Waals surface area contributed by atoms with Gasteiger partial charge in [-0.1, -0.05) is 36.1 Å². The second-order valence-corrected chi connectivity index (χ2v) is 8.08. The van der Waals surface area contributed by atoms with Crippen molar-refractivity contribution >= 4 is 51.7 Å². The number of benzene rings is 2. The van der Waals surface area contributed by atoms with E-state index in [9.17, 15) is 4.79 Å². The van der Waals surface area contributed by atoms with Crippen LogP contribution in [0.15, 0.2) is 53.4 Å². The molecule has 0 atom stereocenters. The second kappa shape index (κ2) is 8.34. The van der Waals surface area contributed by atoms with Gasteiger partial charge in [0.1, 0.15) is 5.75 Å². The van der Waals surface area contributed by atoms with E-state index in [0.717, 1.165) is 43.3 Å². The molecule has 1 amide bonds. The fraction of sp³-hybridized carbons (Fsp3) is 0.238. The Morgan fingerprint density at radius 1 is 1.04 bits per heavy atom. The second-order valence-electron chi connectivity index (χ2n) is 6.41. The summed E-state index contributed by atoms with van der Waals surface area (Å²) in [5, 5.41) is 0. The standard InChI is InChI=1S/C21H20N2O3S2/c1-25-18-8-6-17(7-9-18)23-20(24)19(28-21(23)27)14-15-2-4-16(5-3-15)22-10-12-26-13-11-22/h2-9,14H,10-13H2,1H3/b19-14+. The molecule has 5 nitrogen and oxygen atoms in total. The first-order chi connectivity index (χ1) is 13.7. The number of methoxy groups -OCH3 is 1. The minimum atomic E-state index is -0.0996. The Balaban J connectivity index is 1.51. The van der Waals surface area contributed by atoms with Crippen molar-refractivity contribution < 1.29 is 14.3 Å². The van der Waals surface area contributed by atoms with Crippen molar-refractivity contribution in [2.24, 2.45) is 0 Å². The van der Waals surface area contributed by atoms with Crippen molar-refractivity contribution in [1.29, 1.82) is 0 Å². The van der Waals surface area contributed by atoms with E-state index >= 15 is 0 Å². The highest BCUT2D eigenvalue weighted by molar-refractivity contribution is 8.27. The molecule has 0 aliphatic carbocycles. The van der Waals surface area contributed by atoms with Crippen molar-refractivity contribution in [3.05, 3.63) is 59.0 Å². The molecule has 2 heterocycles. The van der Waals surface area contributed by atoms with E-state index in [1.54, 1.807) is 12.0 Å². The average Bonchev–Trinajstić information content (AvgIpc) is 3.02. The van der Waals surface area contributed by atoms with Crippen LogP contribution in [0, 0.1) is 0 Å². The number of hydrogen-bond acceptors (Lipinski definition) is 6. The number of carbonyl (C=O) groups excluding carboxylic acids is 1. The molecule has 28 heavy (non-hydrogen) atoms. The molecule has 2 saturated heterocycles. The molecule has 2 aromatic rings. The zero-order valence-corrected chi connectivity index (χ0v) is 17.1. The maximum Gasteiger partial charge on any atom is 0.270 e. The lowest BCUT2D eigenvalue weighted by Gasteiger charge is -2.28. The van der Waals surface area contributed by atoms with E-state index in [-0.39, 0.29) is 5.91 Å². The molecule has 0 N–H and O–H groups in total. The molecule has 2 aliphatic heterocycles. The van der Waals surface area contributed by atoms with Crippen LogP contribution < -0.4 is 14.5 Å². The maximum absolute atomic E-state index is 12.9. The highest BCUT2D eigenvalue weighted by atomic mass is 32.2. The lowest BCUT2D eigenvalue weighted by Crippen LogP contribution is -2.36. The van der Waals surface area contributed by atoms with Crippen LogP contribution in [-0.4, -0.2) is 43.6 Å². The molecule has 0 bridgehead atoms. The van der Waals surface area contributed by atoms with Gasteiger partial charge in [0, 0.05) is 18.8 Å². The summed E-state index contributed by atoms with van der Waals surface area (Å²) in [6.07, 6.45) is 1.89. The molecule has 0 aromatic heterocycles. The van der Waals surface area contributed by atoms with Crippen LogP contribution in [-0.2, 0) is 9.53 Å². The summed E-state index contributed by atoms with van der Waals surface area (Å²) in [6.45, 7) is 3.32. The molecule has 0 unspecified atom stereocenters. The van der Waals surface area contributed by atoms with E-state index in [2.05, 4.69) is 17.0 Å². The van der Waals surface area contributed by atoms with Crippen LogP contribution in [0.3, 0.4) is 0 Å². The molecular weight excluding hydrogens is 392 g/mol. The van der Waals surface area contributed by atoms with Crippen molar-refractivity contribution in [3.63, 3.8) is 0 Å². The lowest BCUT2D eigenvalue weighted by atomic mass is 10.1. The Morgan fingerprint density at radius 2 is 1.68 bits per heavy atom. The monoisotopic (exact) mass is 412 g/mol. The van der Waals surface area contributed by atoms with Gasteiger partial charge >= 0.3 is 0 Å². The Morgan fingerprint density at radius 3 is 2.32 bits per heavy atom. The van der Waals surface area contributed by atoms with Gasteiger partial charge in [-0.25, -0.2) is 0 Å². The zero-order valence-electron chi connectivity index (χ0n) is 15.5. The molecule has 4 rings (SSSR count). The minimum Gasteiger partial charge on any atom is -0.497 e. The number of thiocarbonyl (C=S) groups is 1. The number of thioether (sulfide) groups is 1. The molecule has 0 radical (unpaired) electrons. The van der Waals surface area contributed by atoms with Crippen LogP contribution >= 0.6 is 24.0 Å². The molecular formula is C21H20N2O3S2. The topological polar surface area (TPSA) is 42.0 Å². The molecule has 2 aliphatic rings. The first-order valence-corrected chi connectivity index (χ1v) is 10.2. The van der Waals surface area contributed by atoms with Crippen LogP contribution in [0.25, 0.3) is 6.08 Å². The fourth-order valence-electron chi connectivity index (χ4n) is 3.18. The third kappa shape index (κ3) is 3.92.